The number of hydrogen-bond donors (Lipinski definition) is 3. The summed E-state index contributed by atoms with van der Waals surface area (Å²) in [5.74, 6) is 0.820. The first-order valence-corrected chi connectivity index (χ1v) is 8.94. The van der Waals surface area contributed by atoms with Crippen LogP contribution in [0.1, 0.15) is 19.8 Å². The summed E-state index contributed by atoms with van der Waals surface area (Å²) in [7, 11) is 0. The fourth-order valence-corrected chi connectivity index (χ4v) is 3.68. The molecule has 4 heterocycles. The maximum absolute atomic E-state index is 11.8. The summed E-state index contributed by atoms with van der Waals surface area (Å²) in [4.78, 5) is 26.4. The maximum atomic E-state index is 11.8. The lowest BCUT2D eigenvalue weighted by molar-refractivity contribution is 0.363. The van der Waals surface area contributed by atoms with Gasteiger partial charge in [0, 0.05) is 24.8 Å². The molecule has 0 radical (unpaired) electrons. The SMILES string of the molecule is CC1(N)CCN(c2cnc3c(Sc4ccc[nH]c4=O)n[nH]c3n2)CC1. The highest BCUT2D eigenvalue weighted by Gasteiger charge is 2.27. The monoisotopic (exact) mass is 357 g/mol. The minimum atomic E-state index is -0.147. The van der Waals surface area contributed by atoms with Crippen molar-refractivity contribution < 1.29 is 0 Å². The molecular formula is C16H19N7OS. The smallest absolute Gasteiger partial charge is 0.262 e. The van der Waals surface area contributed by atoms with E-state index < -0.39 is 0 Å². The largest absolute Gasteiger partial charge is 0.355 e. The normalized spacial score (nSPS) is 17.1. The zero-order chi connectivity index (χ0) is 17.4. The Balaban J connectivity index is 1.59. The number of nitrogens with zero attached hydrogens (tertiary/aromatic N) is 4. The number of aromatic amines is 2. The molecular weight excluding hydrogens is 338 g/mol. The zero-order valence-electron chi connectivity index (χ0n) is 13.8. The third-order valence-corrected chi connectivity index (χ3v) is 5.46. The number of pyridine rings is 1. The predicted molar refractivity (Wildman–Crippen MR) is 96.9 cm³/mol. The van der Waals surface area contributed by atoms with E-state index in [2.05, 4.69) is 37.0 Å². The number of anilines is 1. The number of fused-ring (bicyclic) bond motifs is 1. The van der Waals surface area contributed by atoms with Crippen molar-refractivity contribution in [2.45, 2.75) is 35.2 Å². The average molecular weight is 357 g/mol. The van der Waals surface area contributed by atoms with E-state index in [0.29, 0.717) is 21.1 Å². The highest BCUT2D eigenvalue weighted by atomic mass is 32.2. The Kier molecular flexibility index (Phi) is 3.97. The van der Waals surface area contributed by atoms with Crippen LogP contribution in [0.2, 0.25) is 0 Å². The summed E-state index contributed by atoms with van der Waals surface area (Å²) < 4.78 is 0. The molecule has 4 rings (SSSR count). The van der Waals surface area contributed by atoms with Gasteiger partial charge in [-0.05, 0) is 31.9 Å². The van der Waals surface area contributed by atoms with Crippen molar-refractivity contribution in [1.29, 1.82) is 0 Å². The van der Waals surface area contributed by atoms with Crippen molar-refractivity contribution in [2.24, 2.45) is 5.73 Å². The van der Waals surface area contributed by atoms with Crippen LogP contribution in [0.25, 0.3) is 11.2 Å². The molecule has 1 fully saturated rings. The Bertz CT molecular complexity index is 954. The molecule has 8 nitrogen and oxygen atoms in total. The first kappa shape index (κ1) is 16.1. The molecule has 1 aliphatic heterocycles. The van der Waals surface area contributed by atoms with Gasteiger partial charge in [0.15, 0.2) is 10.7 Å². The minimum absolute atomic E-state index is 0.103. The molecule has 0 amide bonds. The van der Waals surface area contributed by atoms with Crippen molar-refractivity contribution in [2.75, 3.05) is 18.0 Å². The van der Waals surface area contributed by atoms with Gasteiger partial charge in [0.05, 0.1) is 11.1 Å². The van der Waals surface area contributed by atoms with Gasteiger partial charge in [-0.15, -0.1) is 0 Å². The van der Waals surface area contributed by atoms with Gasteiger partial charge < -0.3 is 15.6 Å². The molecule has 130 valence electrons. The van der Waals surface area contributed by atoms with Crippen LogP contribution in [0.15, 0.2) is 39.2 Å². The van der Waals surface area contributed by atoms with Crippen LogP contribution in [0, 0.1) is 0 Å². The highest BCUT2D eigenvalue weighted by Crippen LogP contribution is 2.29. The molecule has 0 aliphatic carbocycles. The summed E-state index contributed by atoms with van der Waals surface area (Å²) in [5.41, 5.74) is 7.22. The molecule has 4 N–H and O–H groups in total. The van der Waals surface area contributed by atoms with Crippen molar-refractivity contribution in [1.82, 2.24) is 25.1 Å². The summed E-state index contributed by atoms with van der Waals surface area (Å²) in [6.07, 6.45) is 5.21. The zero-order valence-corrected chi connectivity index (χ0v) is 14.6. The third-order valence-electron chi connectivity index (χ3n) is 4.44. The summed E-state index contributed by atoms with van der Waals surface area (Å²) in [6.45, 7) is 3.81. The first-order chi connectivity index (χ1) is 12.0. The van der Waals surface area contributed by atoms with Gasteiger partial charge in [0.1, 0.15) is 11.3 Å². The summed E-state index contributed by atoms with van der Waals surface area (Å²) in [5, 5.41) is 7.82. The quantitative estimate of drug-likeness (QED) is 0.650. The molecule has 0 unspecified atom stereocenters. The Morgan fingerprint density at radius 1 is 1.36 bits per heavy atom. The number of nitrogens with two attached hydrogens (primary N) is 1. The van der Waals surface area contributed by atoms with Crippen molar-refractivity contribution in [3.63, 3.8) is 0 Å². The lowest BCUT2D eigenvalue weighted by Gasteiger charge is -2.37. The molecule has 0 spiro atoms. The van der Waals surface area contributed by atoms with Crippen LogP contribution < -0.4 is 16.2 Å². The van der Waals surface area contributed by atoms with Gasteiger partial charge in [-0.2, -0.15) is 5.10 Å². The van der Waals surface area contributed by atoms with Crippen LogP contribution in [-0.4, -0.2) is 43.8 Å². The van der Waals surface area contributed by atoms with Gasteiger partial charge in [-0.25, -0.2) is 9.97 Å². The minimum Gasteiger partial charge on any atom is -0.355 e. The topological polar surface area (TPSA) is 117 Å². The number of H-pyrrole nitrogens is 2. The second-order valence-corrected chi connectivity index (χ2v) is 7.59. The number of aromatic nitrogens is 5. The lowest BCUT2D eigenvalue weighted by atomic mass is 9.91. The highest BCUT2D eigenvalue weighted by molar-refractivity contribution is 7.99. The Hall–Kier alpha value is -2.39. The second-order valence-electron chi connectivity index (χ2n) is 6.56. The van der Waals surface area contributed by atoms with Gasteiger partial charge in [0.2, 0.25) is 0 Å². The van der Waals surface area contributed by atoms with E-state index in [1.807, 2.05) is 0 Å². The van der Waals surface area contributed by atoms with Crippen LogP contribution in [0.3, 0.4) is 0 Å². The molecule has 1 saturated heterocycles. The molecule has 25 heavy (non-hydrogen) atoms. The van der Waals surface area contributed by atoms with Gasteiger partial charge in [-0.3, -0.25) is 9.89 Å². The van der Waals surface area contributed by atoms with E-state index >= 15 is 0 Å². The van der Waals surface area contributed by atoms with E-state index in [9.17, 15) is 4.79 Å². The molecule has 9 heteroatoms. The first-order valence-electron chi connectivity index (χ1n) is 8.12. The lowest BCUT2D eigenvalue weighted by Crippen LogP contribution is -2.48. The fourth-order valence-electron chi connectivity index (χ4n) is 2.83. The molecule has 0 saturated carbocycles. The van der Waals surface area contributed by atoms with E-state index in [1.54, 1.807) is 24.5 Å². The van der Waals surface area contributed by atoms with Gasteiger partial charge >= 0.3 is 0 Å². The Morgan fingerprint density at radius 3 is 2.92 bits per heavy atom. The molecule has 1 aliphatic rings. The van der Waals surface area contributed by atoms with Crippen LogP contribution in [0.4, 0.5) is 5.82 Å². The van der Waals surface area contributed by atoms with Crippen LogP contribution in [0.5, 0.6) is 0 Å². The Labute approximate surface area is 148 Å². The Morgan fingerprint density at radius 2 is 2.16 bits per heavy atom. The van der Waals surface area contributed by atoms with Crippen molar-refractivity contribution in [3.05, 3.63) is 34.9 Å². The standard InChI is InChI=1S/C16H19N7OS/c1-16(17)4-7-23(8-5-16)11-9-19-12-13(20-11)21-22-15(12)25-10-3-2-6-18-14(10)24/h2-3,6,9H,4-5,7-8,17H2,1H3,(H,18,24)(H,20,21,22). The number of nitrogens with one attached hydrogen (secondary N) is 2. The molecule has 0 atom stereocenters. The van der Waals surface area contributed by atoms with Crippen LogP contribution in [-0.2, 0) is 0 Å². The van der Waals surface area contributed by atoms with Crippen molar-refractivity contribution in [3.8, 4) is 0 Å². The van der Waals surface area contributed by atoms with Gasteiger partial charge in [-0.1, -0.05) is 11.8 Å². The summed E-state index contributed by atoms with van der Waals surface area (Å²) >= 11 is 1.27. The van der Waals surface area contributed by atoms with Crippen molar-refractivity contribution >= 4 is 28.7 Å². The van der Waals surface area contributed by atoms with E-state index in [-0.39, 0.29) is 11.1 Å². The molecule has 3 aromatic heterocycles. The maximum Gasteiger partial charge on any atom is 0.262 e. The van der Waals surface area contributed by atoms with E-state index in [4.69, 9.17) is 5.73 Å². The second kappa shape index (κ2) is 6.16. The van der Waals surface area contributed by atoms with Gasteiger partial charge in [0.25, 0.3) is 5.56 Å². The molecule has 3 aromatic rings. The number of rotatable bonds is 3. The summed E-state index contributed by atoms with van der Waals surface area (Å²) in [6, 6.07) is 3.54. The average Bonchev–Trinajstić information content (AvgIpc) is 2.99. The van der Waals surface area contributed by atoms with Crippen LogP contribution >= 0.6 is 11.8 Å². The predicted octanol–water partition coefficient (Wildman–Crippen LogP) is 1.51. The third kappa shape index (κ3) is 3.24. The molecule has 0 aromatic carbocycles. The molecule has 0 bridgehead atoms. The van der Waals surface area contributed by atoms with E-state index in [1.165, 1.54) is 11.8 Å². The number of hydrogen-bond acceptors (Lipinski definition) is 7. The number of piperidine rings is 1. The fraction of sp³-hybridized carbons (Fsp3) is 0.375. The van der Waals surface area contributed by atoms with E-state index in [0.717, 1.165) is 31.7 Å².